The van der Waals surface area contributed by atoms with Gasteiger partial charge in [-0.25, -0.2) is 0 Å². The summed E-state index contributed by atoms with van der Waals surface area (Å²) in [5, 5.41) is 3.13. The summed E-state index contributed by atoms with van der Waals surface area (Å²) in [7, 11) is 2.17. The van der Waals surface area contributed by atoms with Gasteiger partial charge in [0.25, 0.3) is 0 Å². The van der Waals surface area contributed by atoms with Gasteiger partial charge in [-0.3, -0.25) is 4.79 Å². The first-order valence-corrected chi connectivity index (χ1v) is 9.38. The number of hydrogen-bond donors (Lipinski definition) is 1. The summed E-state index contributed by atoms with van der Waals surface area (Å²) in [5.74, 6) is 0.864. The molecule has 0 aliphatic carbocycles. The van der Waals surface area contributed by atoms with Gasteiger partial charge in [-0.05, 0) is 71.1 Å². The van der Waals surface area contributed by atoms with Gasteiger partial charge in [-0.2, -0.15) is 0 Å². The summed E-state index contributed by atoms with van der Waals surface area (Å²) in [5.41, 5.74) is 0. The molecule has 1 amide bonds. The number of piperidine rings is 2. The summed E-state index contributed by atoms with van der Waals surface area (Å²) < 4.78 is 0. The predicted octanol–water partition coefficient (Wildman–Crippen LogP) is 2.49. The van der Waals surface area contributed by atoms with E-state index in [0.717, 1.165) is 45.1 Å². The molecule has 0 radical (unpaired) electrons. The monoisotopic (exact) mass is 309 g/mol. The Balaban J connectivity index is 1.55. The van der Waals surface area contributed by atoms with Gasteiger partial charge >= 0.3 is 0 Å². The zero-order chi connectivity index (χ0) is 15.8. The van der Waals surface area contributed by atoms with Gasteiger partial charge in [-0.1, -0.05) is 13.3 Å². The maximum absolute atomic E-state index is 12.0. The molecule has 2 aliphatic heterocycles. The molecule has 0 bridgehead atoms. The van der Waals surface area contributed by atoms with Crippen LogP contribution in [0, 0.1) is 5.92 Å². The van der Waals surface area contributed by atoms with E-state index in [1.54, 1.807) is 0 Å². The molecule has 0 spiro atoms. The zero-order valence-electron chi connectivity index (χ0n) is 14.6. The maximum atomic E-state index is 12.0. The number of carbonyl (C=O) groups is 1. The van der Waals surface area contributed by atoms with Gasteiger partial charge in [0.1, 0.15) is 0 Å². The Bertz CT molecular complexity index is 326. The fraction of sp³-hybridized carbons (Fsp3) is 0.944. The van der Waals surface area contributed by atoms with Crippen molar-refractivity contribution >= 4 is 5.91 Å². The van der Waals surface area contributed by atoms with Crippen LogP contribution in [0.4, 0.5) is 0 Å². The van der Waals surface area contributed by atoms with E-state index in [1.807, 2.05) is 0 Å². The molecule has 0 aromatic carbocycles. The van der Waals surface area contributed by atoms with Crippen LogP contribution in [0.2, 0.25) is 0 Å². The van der Waals surface area contributed by atoms with Crippen molar-refractivity contribution < 1.29 is 4.79 Å². The second-order valence-corrected chi connectivity index (χ2v) is 7.25. The Morgan fingerprint density at radius 1 is 1.14 bits per heavy atom. The number of likely N-dealkylation sites (tertiary alicyclic amines) is 2. The Kier molecular flexibility index (Phi) is 7.67. The highest BCUT2D eigenvalue weighted by Crippen LogP contribution is 2.20. The molecule has 128 valence electrons. The molecule has 2 heterocycles. The molecule has 2 saturated heterocycles. The number of nitrogens with one attached hydrogen (secondary N) is 1. The minimum Gasteiger partial charge on any atom is -0.356 e. The van der Waals surface area contributed by atoms with Crippen LogP contribution >= 0.6 is 0 Å². The van der Waals surface area contributed by atoms with Crippen molar-refractivity contribution in [3.8, 4) is 0 Å². The standard InChI is InChI=1S/C18H35N3O/c1-3-17-7-4-5-11-21(17)12-6-10-19-18(22)15-16-8-13-20(2)14-9-16/h16-17H,3-15H2,1-2H3,(H,19,22)/t17-/m1/s1. The molecule has 1 atom stereocenters. The Morgan fingerprint density at radius 2 is 1.91 bits per heavy atom. The minimum atomic E-state index is 0.264. The molecule has 22 heavy (non-hydrogen) atoms. The third-order valence-electron chi connectivity index (χ3n) is 5.48. The quantitative estimate of drug-likeness (QED) is 0.734. The van der Waals surface area contributed by atoms with Crippen molar-refractivity contribution in [3.05, 3.63) is 0 Å². The van der Waals surface area contributed by atoms with E-state index in [2.05, 4.69) is 29.1 Å². The van der Waals surface area contributed by atoms with Gasteiger partial charge in [-0.15, -0.1) is 0 Å². The van der Waals surface area contributed by atoms with Crippen LogP contribution in [-0.2, 0) is 4.79 Å². The highest BCUT2D eigenvalue weighted by atomic mass is 16.1. The number of nitrogens with zero attached hydrogens (tertiary/aromatic N) is 2. The van der Waals surface area contributed by atoms with Crippen molar-refractivity contribution in [2.45, 2.75) is 64.3 Å². The molecular formula is C18H35N3O. The van der Waals surface area contributed by atoms with E-state index in [1.165, 1.54) is 45.1 Å². The molecular weight excluding hydrogens is 274 g/mol. The number of hydrogen-bond acceptors (Lipinski definition) is 3. The highest BCUT2D eigenvalue weighted by molar-refractivity contribution is 5.76. The molecule has 4 heteroatoms. The molecule has 0 unspecified atom stereocenters. The van der Waals surface area contributed by atoms with E-state index < -0.39 is 0 Å². The van der Waals surface area contributed by atoms with Gasteiger partial charge in [0.05, 0.1) is 0 Å². The Hall–Kier alpha value is -0.610. The van der Waals surface area contributed by atoms with E-state index in [4.69, 9.17) is 0 Å². The fourth-order valence-corrected chi connectivity index (χ4v) is 3.93. The van der Waals surface area contributed by atoms with Crippen molar-refractivity contribution in [2.75, 3.05) is 39.8 Å². The molecule has 2 rings (SSSR count). The third kappa shape index (κ3) is 5.88. The van der Waals surface area contributed by atoms with Gasteiger partial charge in [0.2, 0.25) is 5.91 Å². The van der Waals surface area contributed by atoms with Crippen LogP contribution in [0.5, 0.6) is 0 Å². The summed E-state index contributed by atoms with van der Waals surface area (Å²) in [6.45, 7) is 7.83. The zero-order valence-corrected chi connectivity index (χ0v) is 14.6. The molecule has 2 aliphatic rings. The van der Waals surface area contributed by atoms with Crippen LogP contribution in [0.1, 0.15) is 58.3 Å². The summed E-state index contributed by atoms with van der Waals surface area (Å²) >= 11 is 0. The molecule has 0 saturated carbocycles. The molecule has 1 N–H and O–H groups in total. The minimum absolute atomic E-state index is 0.264. The Morgan fingerprint density at radius 3 is 2.64 bits per heavy atom. The van der Waals surface area contributed by atoms with Gasteiger partial charge < -0.3 is 15.1 Å². The van der Waals surface area contributed by atoms with E-state index in [-0.39, 0.29) is 5.91 Å². The molecule has 0 aromatic rings. The van der Waals surface area contributed by atoms with E-state index in [0.29, 0.717) is 5.92 Å². The third-order valence-corrected chi connectivity index (χ3v) is 5.48. The smallest absolute Gasteiger partial charge is 0.220 e. The lowest BCUT2D eigenvalue weighted by Gasteiger charge is -2.35. The Labute approximate surface area is 136 Å². The number of carbonyl (C=O) groups excluding carboxylic acids is 1. The van der Waals surface area contributed by atoms with Crippen molar-refractivity contribution in [1.82, 2.24) is 15.1 Å². The highest BCUT2D eigenvalue weighted by Gasteiger charge is 2.21. The van der Waals surface area contributed by atoms with E-state index in [9.17, 15) is 4.79 Å². The first-order chi connectivity index (χ1) is 10.7. The van der Waals surface area contributed by atoms with Crippen LogP contribution in [0.25, 0.3) is 0 Å². The SMILES string of the molecule is CC[C@@H]1CCCCN1CCCNC(=O)CC1CCN(C)CC1. The number of amides is 1. The molecule has 4 nitrogen and oxygen atoms in total. The van der Waals surface area contributed by atoms with Gasteiger partial charge in [0.15, 0.2) is 0 Å². The second-order valence-electron chi connectivity index (χ2n) is 7.25. The lowest BCUT2D eigenvalue weighted by molar-refractivity contribution is -0.122. The average Bonchev–Trinajstić information content (AvgIpc) is 2.54. The van der Waals surface area contributed by atoms with Crippen molar-refractivity contribution in [3.63, 3.8) is 0 Å². The lowest BCUT2D eigenvalue weighted by atomic mass is 9.93. The van der Waals surface area contributed by atoms with Crippen LogP contribution in [0.15, 0.2) is 0 Å². The normalized spacial score (nSPS) is 25.3. The summed E-state index contributed by atoms with van der Waals surface area (Å²) in [4.78, 5) is 17.0. The topological polar surface area (TPSA) is 35.6 Å². The lowest BCUT2D eigenvalue weighted by Crippen LogP contribution is -2.40. The first-order valence-electron chi connectivity index (χ1n) is 9.38. The maximum Gasteiger partial charge on any atom is 0.220 e. The van der Waals surface area contributed by atoms with Crippen LogP contribution < -0.4 is 5.32 Å². The van der Waals surface area contributed by atoms with Gasteiger partial charge in [0, 0.05) is 25.6 Å². The molecule has 0 aromatic heterocycles. The van der Waals surface area contributed by atoms with Crippen molar-refractivity contribution in [2.24, 2.45) is 5.92 Å². The van der Waals surface area contributed by atoms with Crippen LogP contribution in [-0.4, -0.2) is 61.5 Å². The summed E-state index contributed by atoms with van der Waals surface area (Å²) in [6, 6.07) is 0.781. The van der Waals surface area contributed by atoms with Crippen molar-refractivity contribution in [1.29, 1.82) is 0 Å². The average molecular weight is 309 g/mol. The fourth-order valence-electron chi connectivity index (χ4n) is 3.93. The summed E-state index contributed by atoms with van der Waals surface area (Å²) in [6.07, 6.45) is 9.54. The van der Waals surface area contributed by atoms with Crippen LogP contribution in [0.3, 0.4) is 0 Å². The largest absolute Gasteiger partial charge is 0.356 e. The predicted molar refractivity (Wildman–Crippen MR) is 92.0 cm³/mol. The molecule has 2 fully saturated rings. The van der Waals surface area contributed by atoms with E-state index >= 15 is 0 Å². The number of rotatable bonds is 7. The first kappa shape index (κ1) is 17.7. The second kappa shape index (κ2) is 9.51.